The van der Waals surface area contributed by atoms with Crippen LogP contribution in [0.25, 0.3) is 6.08 Å². The fraction of sp³-hybridized carbons (Fsp3) is 0.350. The van der Waals surface area contributed by atoms with E-state index in [0.29, 0.717) is 23.2 Å². The van der Waals surface area contributed by atoms with Gasteiger partial charge in [-0.15, -0.1) is 0 Å². The zero-order valence-corrected chi connectivity index (χ0v) is 14.5. The smallest absolute Gasteiger partial charge is 0.246 e. The minimum atomic E-state index is -0.918. The predicted molar refractivity (Wildman–Crippen MR) is 91.8 cm³/mol. The third-order valence-electron chi connectivity index (χ3n) is 4.87. The highest BCUT2D eigenvalue weighted by Crippen LogP contribution is 2.47. The third kappa shape index (κ3) is 3.81. The Morgan fingerprint density at radius 2 is 2.00 bits per heavy atom. The number of hydrogen-bond acceptors (Lipinski definition) is 2. The lowest BCUT2D eigenvalue weighted by molar-refractivity contribution is -0.126. The van der Waals surface area contributed by atoms with Gasteiger partial charge in [-0.25, -0.2) is 8.78 Å². The Morgan fingerprint density at radius 1 is 1.28 bits per heavy atom. The van der Waals surface area contributed by atoms with Crippen LogP contribution in [-0.2, 0) is 4.79 Å². The van der Waals surface area contributed by atoms with Crippen molar-refractivity contribution in [1.82, 2.24) is 4.90 Å². The molecule has 3 atom stereocenters. The third-order valence-corrected chi connectivity index (χ3v) is 4.87. The molecule has 0 spiro atoms. The molecule has 2 aromatic rings. The molecule has 1 heterocycles. The standard InChI is InChI=1S/C20H21F2NO2/c1-12-10-16(12)19-8-5-15(25-19)6-9-20(24)23(3)13(2)14-4-7-17(21)18(22)11-14/h4-9,11-13,16H,10H2,1-3H3/b9-6+. The Bertz CT molecular complexity index is 812. The number of likely N-dealkylation sites (N-methyl/N-ethyl adjacent to an activating group) is 1. The Hall–Kier alpha value is -2.43. The molecule has 3 nitrogen and oxygen atoms in total. The predicted octanol–water partition coefficient (Wildman–Crippen LogP) is 4.91. The number of amides is 1. The highest BCUT2D eigenvalue weighted by molar-refractivity contribution is 5.91. The molecule has 1 amide bonds. The summed E-state index contributed by atoms with van der Waals surface area (Å²) in [5, 5.41) is 0. The number of rotatable bonds is 5. The molecule has 0 radical (unpaired) electrons. The van der Waals surface area contributed by atoms with Crippen molar-refractivity contribution in [2.24, 2.45) is 5.92 Å². The monoisotopic (exact) mass is 345 g/mol. The van der Waals surface area contributed by atoms with Gasteiger partial charge in [-0.05, 0) is 55.2 Å². The molecule has 1 aliphatic carbocycles. The van der Waals surface area contributed by atoms with E-state index >= 15 is 0 Å². The van der Waals surface area contributed by atoms with Crippen molar-refractivity contribution in [2.75, 3.05) is 7.05 Å². The second-order valence-electron chi connectivity index (χ2n) is 6.69. The lowest BCUT2D eigenvalue weighted by Gasteiger charge is -2.24. The van der Waals surface area contributed by atoms with Gasteiger partial charge in [0, 0.05) is 19.0 Å². The molecule has 1 fully saturated rings. The largest absolute Gasteiger partial charge is 0.461 e. The summed E-state index contributed by atoms with van der Waals surface area (Å²) in [4.78, 5) is 13.8. The minimum Gasteiger partial charge on any atom is -0.461 e. The van der Waals surface area contributed by atoms with Gasteiger partial charge < -0.3 is 9.32 Å². The van der Waals surface area contributed by atoms with Crippen LogP contribution in [0.1, 0.15) is 49.3 Å². The molecule has 25 heavy (non-hydrogen) atoms. The Labute approximate surface area is 145 Å². The summed E-state index contributed by atoms with van der Waals surface area (Å²) in [5.74, 6) is 0.692. The van der Waals surface area contributed by atoms with E-state index < -0.39 is 11.6 Å². The highest BCUT2D eigenvalue weighted by Gasteiger charge is 2.36. The molecule has 132 valence electrons. The van der Waals surface area contributed by atoms with Crippen LogP contribution >= 0.6 is 0 Å². The lowest BCUT2D eigenvalue weighted by atomic mass is 10.1. The van der Waals surface area contributed by atoms with Crippen molar-refractivity contribution in [2.45, 2.75) is 32.2 Å². The molecule has 1 aromatic heterocycles. The first-order chi connectivity index (χ1) is 11.9. The van der Waals surface area contributed by atoms with E-state index in [2.05, 4.69) is 6.92 Å². The second kappa shape index (κ2) is 6.82. The van der Waals surface area contributed by atoms with Crippen LogP contribution in [0.4, 0.5) is 8.78 Å². The molecular weight excluding hydrogens is 324 g/mol. The summed E-state index contributed by atoms with van der Waals surface area (Å²) in [6.07, 6.45) is 4.20. The van der Waals surface area contributed by atoms with Gasteiger partial charge in [-0.3, -0.25) is 4.79 Å². The number of halogens is 2. The number of carbonyl (C=O) groups excluding carboxylic acids is 1. The second-order valence-corrected chi connectivity index (χ2v) is 6.69. The maximum absolute atomic E-state index is 13.4. The van der Waals surface area contributed by atoms with Gasteiger partial charge in [0.15, 0.2) is 11.6 Å². The number of hydrogen-bond donors (Lipinski definition) is 0. The van der Waals surface area contributed by atoms with Gasteiger partial charge in [0.1, 0.15) is 11.5 Å². The summed E-state index contributed by atoms with van der Waals surface area (Å²) in [6, 6.07) is 7.08. The van der Waals surface area contributed by atoms with Gasteiger partial charge in [0.25, 0.3) is 0 Å². The molecule has 3 rings (SSSR count). The topological polar surface area (TPSA) is 33.5 Å². The van der Waals surface area contributed by atoms with Gasteiger partial charge in [0.2, 0.25) is 5.91 Å². The van der Waals surface area contributed by atoms with E-state index in [-0.39, 0.29) is 11.9 Å². The fourth-order valence-corrected chi connectivity index (χ4v) is 2.83. The fourth-order valence-electron chi connectivity index (χ4n) is 2.83. The first kappa shape index (κ1) is 17.4. The van der Waals surface area contributed by atoms with E-state index in [1.807, 2.05) is 12.1 Å². The molecular formula is C20H21F2NO2. The van der Waals surface area contributed by atoms with Crippen molar-refractivity contribution in [3.63, 3.8) is 0 Å². The van der Waals surface area contributed by atoms with Gasteiger partial charge in [-0.1, -0.05) is 13.0 Å². The molecule has 3 unspecified atom stereocenters. The summed E-state index contributed by atoms with van der Waals surface area (Å²) in [6.45, 7) is 3.94. The van der Waals surface area contributed by atoms with E-state index in [1.54, 1.807) is 20.0 Å². The number of nitrogens with zero attached hydrogens (tertiary/aromatic N) is 1. The van der Waals surface area contributed by atoms with E-state index in [9.17, 15) is 13.6 Å². The van der Waals surface area contributed by atoms with Crippen molar-refractivity contribution < 1.29 is 18.0 Å². The van der Waals surface area contributed by atoms with Crippen LogP contribution in [0.2, 0.25) is 0 Å². The normalized spacial score (nSPS) is 20.7. The maximum atomic E-state index is 13.4. The van der Waals surface area contributed by atoms with Crippen molar-refractivity contribution >= 4 is 12.0 Å². The van der Waals surface area contributed by atoms with Crippen LogP contribution in [0.5, 0.6) is 0 Å². The molecule has 5 heteroatoms. The van der Waals surface area contributed by atoms with Crippen LogP contribution in [0.3, 0.4) is 0 Å². The average molecular weight is 345 g/mol. The Kier molecular flexibility index (Phi) is 4.75. The lowest BCUT2D eigenvalue weighted by Crippen LogP contribution is -2.28. The van der Waals surface area contributed by atoms with Crippen molar-refractivity contribution in [1.29, 1.82) is 0 Å². The van der Waals surface area contributed by atoms with Crippen LogP contribution in [-0.4, -0.2) is 17.9 Å². The van der Waals surface area contributed by atoms with E-state index in [1.165, 1.54) is 17.0 Å². The molecule has 0 saturated heterocycles. The van der Waals surface area contributed by atoms with Gasteiger partial charge in [-0.2, -0.15) is 0 Å². The molecule has 1 aliphatic rings. The molecule has 0 aliphatic heterocycles. The van der Waals surface area contributed by atoms with Crippen molar-refractivity contribution in [3.8, 4) is 0 Å². The molecule has 1 saturated carbocycles. The summed E-state index contributed by atoms with van der Waals surface area (Å²) in [7, 11) is 1.62. The Balaban J connectivity index is 1.65. The maximum Gasteiger partial charge on any atom is 0.246 e. The summed E-state index contributed by atoms with van der Waals surface area (Å²) >= 11 is 0. The highest BCUT2D eigenvalue weighted by atomic mass is 19.2. The first-order valence-corrected chi connectivity index (χ1v) is 8.36. The Morgan fingerprint density at radius 3 is 2.64 bits per heavy atom. The van der Waals surface area contributed by atoms with Crippen molar-refractivity contribution in [3.05, 3.63) is 65.1 Å². The van der Waals surface area contributed by atoms with E-state index in [0.717, 1.165) is 24.3 Å². The molecule has 1 aromatic carbocycles. The van der Waals surface area contributed by atoms with Crippen LogP contribution in [0.15, 0.2) is 40.8 Å². The summed E-state index contributed by atoms with van der Waals surface area (Å²) in [5.41, 5.74) is 0.533. The quantitative estimate of drug-likeness (QED) is 0.721. The number of furan rings is 1. The average Bonchev–Trinajstić information content (AvgIpc) is 3.14. The molecule has 0 N–H and O–H groups in total. The number of benzene rings is 1. The SMILES string of the molecule is CC1CC1c1ccc(/C=C/C(=O)N(C)C(C)c2ccc(F)c(F)c2)o1. The zero-order valence-electron chi connectivity index (χ0n) is 14.5. The minimum absolute atomic E-state index is 0.241. The van der Waals surface area contributed by atoms with Gasteiger partial charge >= 0.3 is 0 Å². The number of carbonyl (C=O) groups is 1. The van der Waals surface area contributed by atoms with Gasteiger partial charge in [0.05, 0.1) is 6.04 Å². The summed E-state index contributed by atoms with van der Waals surface area (Å²) < 4.78 is 32.1. The first-order valence-electron chi connectivity index (χ1n) is 8.36. The zero-order chi connectivity index (χ0) is 18.1. The molecule has 0 bridgehead atoms. The van der Waals surface area contributed by atoms with E-state index in [4.69, 9.17) is 4.42 Å². The van der Waals surface area contributed by atoms with Crippen LogP contribution < -0.4 is 0 Å². The van der Waals surface area contributed by atoms with Crippen LogP contribution in [0, 0.1) is 17.6 Å².